The molecule has 5 nitrogen and oxygen atoms in total. The molecular weight excluding hydrogens is 272 g/mol. The third kappa shape index (κ3) is 3.45. The summed E-state index contributed by atoms with van der Waals surface area (Å²) in [5, 5.41) is 7.15. The van der Waals surface area contributed by atoms with Crippen molar-refractivity contribution >= 4 is 17.2 Å². The number of aryl methyl sites for hydroxylation is 4. The van der Waals surface area contributed by atoms with Crippen LogP contribution >= 0.6 is 11.3 Å². The number of carbonyl (C=O) groups excluding carboxylic acids is 1. The molecule has 6 heteroatoms. The van der Waals surface area contributed by atoms with E-state index in [1.165, 1.54) is 11.3 Å². The SMILES string of the molecule is Cc1cc(C)n(CCCN(C)C(=O)c2csc(C)n2)n1. The van der Waals surface area contributed by atoms with E-state index in [9.17, 15) is 4.79 Å². The van der Waals surface area contributed by atoms with Gasteiger partial charge in [-0.15, -0.1) is 11.3 Å². The van der Waals surface area contributed by atoms with Crippen molar-refractivity contribution < 1.29 is 4.79 Å². The molecule has 2 heterocycles. The second-order valence-corrected chi connectivity index (χ2v) is 6.04. The van der Waals surface area contributed by atoms with Gasteiger partial charge in [0.1, 0.15) is 5.69 Å². The minimum atomic E-state index is -0.0114. The number of thiazole rings is 1. The average molecular weight is 292 g/mol. The Bertz CT molecular complexity index is 602. The Balaban J connectivity index is 1.84. The molecule has 20 heavy (non-hydrogen) atoms. The van der Waals surface area contributed by atoms with Crippen LogP contribution in [0.4, 0.5) is 0 Å². The number of carbonyl (C=O) groups is 1. The van der Waals surface area contributed by atoms with Gasteiger partial charge in [-0.05, 0) is 33.3 Å². The topological polar surface area (TPSA) is 51.0 Å². The van der Waals surface area contributed by atoms with E-state index in [2.05, 4.69) is 16.1 Å². The van der Waals surface area contributed by atoms with Crippen molar-refractivity contribution in [3.05, 3.63) is 33.5 Å². The highest BCUT2D eigenvalue weighted by Gasteiger charge is 2.14. The molecule has 0 fully saturated rings. The first kappa shape index (κ1) is 14.7. The molecule has 0 unspecified atom stereocenters. The van der Waals surface area contributed by atoms with Gasteiger partial charge in [-0.3, -0.25) is 9.48 Å². The van der Waals surface area contributed by atoms with Gasteiger partial charge in [-0.25, -0.2) is 4.98 Å². The van der Waals surface area contributed by atoms with Crippen molar-refractivity contribution in [2.45, 2.75) is 33.7 Å². The lowest BCUT2D eigenvalue weighted by Gasteiger charge is -2.16. The van der Waals surface area contributed by atoms with E-state index in [-0.39, 0.29) is 5.91 Å². The van der Waals surface area contributed by atoms with Crippen molar-refractivity contribution in [3.63, 3.8) is 0 Å². The number of nitrogens with zero attached hydrogens (tertiary/aromatic N) is 4. The molecule has 0 aromatic carbocycles. The summed E-state index contributed by atoms with van der Waals surface area (Å²) >= 11 is 1.50. The van der Waals surface area contributed by atoms with Crippen LogP contribution in [0.15, 0.2) is 11.4 Å². The van der Waals surface area contributed by atoms with E-state index >= 15 is 0 Å². The molecule has 0 aliphatic rings. The Kier molecular flexibility index (Phi) is 4.54. The van der Waals surface area contributed by atoms with Crippen molar-refractivity contribution in [2.75, 3.05) is 13.6 Å². The summed E-state index contributed by atoms with van der Waals surface area (Å²) in [5.74, 6) is -0.0114. The van der Waals surface area contributed by atoms with Crippen molar-refractivity contribution in [2.24, 2.45) is 0 Å². The Labute approximate surface area is 123 Å². The molecular formula is C14H20N4OS. The first-order valence-corrected chi connectivity index (χ1v) is 7.54. The summed E-state index contributed by atoms with van der Waals surface area (Å²) in [5.41, 5.74) is 2.73. The van der Waals surface area contributed by atoms with Crippen molar-refractivity contribution in [1.29, 1.82) is 0 Å². The maximum absolute atomic E-state index is 12.1. The molecule has 0 aliphatic heterocycles. The predicted octanol–water partition coefficient (Wildman–Crippen LogP) is 2.43. The van der Waals surface area contributed by atoms with Gasteiger partial charge in [-0.1, -0.05) is 0 Å². The predicted molar refractivity (Wildman–Crippen MR) is 80.1 cm³/mol. The molecule has 108 valence electrons. The van der Waals surface area contributed by atoms with Crippen LogP contribution in [-0.2, 0) is 6.54 Å². The van der Waals surface area contributed by atoms with Crippen LogP contribution in [0.2, 0.25) is 0 Å². The monoisotopic (exact) mass is 292 g/mol. The summed E-state index contributed by atoms with van der Waals surface area (Å²) in [6.45, 7) is 7.47. The highest BCUT2D eigenvalue weighted by Crippen LogP contribution is 2.10. The zero-order valence-corrected chi connectivity index (χ0v) is 13.2. The summed E-state index contributed by atoms with van der Waals surface area (Å²) in [4.78, 5) is 18.1. The number of hydrogen-bond donors (Lipinski definition) is 0. The van der Waals surface area contributed by atoms with Gasteiger partial charge in [0.25, 0.3) is 5.91 Å². The van der Waals surface area contributed by atoms with E-state index in [1.807, 2.05) is 37.9 Å². The van der Waals surface area contributed by atoms with Crippen LogP contribution in [0.1, 0.15) is 33.3 Å². The molecule has 1 amide bonds. The maximum atomic E-state index is 12.1. The number of hydrogen-bond acceptors (Lipinski definition) is 4. The van der Waals surface area contributed by atoms with E-state index in [0.29, 0.717) is 12.2 Å². The lowest BCUT2D eigenvalue weighted by Crippen LogP contribution is -2.28. The smallest absolute Gasteiger partial charge is 0.273 e. The molecule has 2 aromatic rings. The normalized spacial score (nSPS) is 10.8. The van der Waals surface area contributed by atoms with Gasteiger partial charge in [0.05, 0.1) is 10.7 Å². The van der Waals surface area contributed by atoms with Gasteiger partial charge in [-0.2, -0.15) is 5.10 Å². The highest BCUT2D eigenvalue weighted by molar-refractivity contribution is 7.09. The van der Waals surface area contributed by atoms with E-state index in [4.69, 9.17) is 0 Å². The second kappa shape index (κ2) is 6.17. The quantitative estimate of drug-likeness (QED) is 0.850. The molecule has 0 N–H and O–H groups in total. The fourth-order valence-corrected chi connectivity index (χ4v) is 2.70. The summed E-state index contributed by atoms with van der Waals surface area (Å²) in [6.07, 6.45) is 0.882. The first-order chi connectivity index (χ1) is 9.47. The van der Waals surface area contributed by atoms with Gasteiger partial charge in [0.2, 0.25) is 0 Å². The van der Waals surface area contributed by atoms with Crippen LogP contribution in [-0.4, -0.2) is 39.2 Å². The van der Waals surface area contributed by atoms with Crippen LogP contribution < -0.4 is 0 Å². The van der Waals surface area contributed by atoms with Crippen LogP contribution in [0, 0.1) is 20.8 Å². The second-order valence-electron chi connectivity index (χ2n) is 4.98. The third-order valence-corrected chi connectivity index (χ3v) is 3.93. The Hall–Kier alpha value is -1.69. The van der Waals surface area contributed by atoms with Gasteiger partial charge >= 0.3 is 0 Å². The molecule has 0 saturated carbocycles. The largest absolute Gasteiger partial charge is 0.340 e. The minimum Gasteiger partial charge on any atom is -0.340 e. The van der Waals surface area contributed by atoms with Gasteiger partial charge < -0.3 is 4.90 Å². The highest BCUT2D eigenvalue weighted by atomic mass is 32.1. The lowest BCUT2D eigenvalue weighted by molar-refractivity contribution is 0.0786. The van der Waals surface area contributed by atoms with Crippen LogP contribution in [0.5, 0.6) is 0 Å². The number of aromatic nitrogens is 3. The standard InChI is InChI=1S/C14H20N4OS/c1-10-8-11(2)18(16-10)7-5-6-17(4)14(19)13-9-20-12(3)15-13/h8-9H,5-7H2,1-4H3. The van der Waals surface area contributed by atoms with Crippen molar-refractivity contribution in [1.82, 2.24) is 19.7 Å². The van der Waals surface area contributed by atoms with Crippen LogP contribution in [0.3, 0.4) is 0 Å². The van der Waals surface area contributed by atoms with E-state index in [1.54, 1.807) is 4.90 Å². The Morgan fingerprint density at radius 2 is 2.15 bits per heavy atom. The zero-order valence-electron chi connectivity index (χ0n) is 12.4. The van der Waals surface area contributed by atoms with E-state index in [0.717, 1.165) is 29.4 Å². The first-order valence-electron chi connectivity index (χ1n) is 6.66. The Morgan fingerprint density at radius 1 is 1.40 bits per heavy atom. The maximum Gasteiger partial charge on any atom is 0.273 e. The molecule has 0 radical (unpaired) electrons. The fraction of sp³-hybridized carbons (Fsp3) is 0.500. The molecule has 0 spiro atoms. The van der Waals surface area contributed by atoms with Gasteiger partial charge in [0, 0.05) is 31.2 Å². The fourth-order valence-electron chi connectivity index (χ4n) is 2.12. The summed E-state index contributed by atoms with van der Waals surface area (Å²) < 4.78 is 1.99. The average Bonchev–Trinajstić information content (AvgIpc) is 2.95. The minimum absolute atomic E-state index is 0.0114. The molecule has 0 bridgehead atoms. The summed E-state index contributed by atoms with van der Waals surface area (Å²) in [6, 6.07) is 2.06. The van der Waals surface area contributed by atoms with E-state index < -0.39 is 0 Å². The third-order valence-electron chi connectivity index (χ3n) is 3.15. The lowest BCUT2D eigenvalue weighted by atomic mass is 10.3. The Morgan fingerprint density at radius 3 is 2.70 bits per heavy atom. The van der Waals surface area contributed by atoms with Crippen LogP contribution in [0.25, 0.3) is 0 Å². The molecule has 0 aliphatic carbocycles. The molecule has 0 atom stereocenters. The number of rotatable bonds is 5. The molecule has 2 rings (SSSR count). The van der Waals surface area contributed by atoms with Crippen molar-refractivity contribution in [3.8, 4) is 0 Å². The zero-order chi connectivity index (χ0) is 14.7. The van der Waals surface area contributed by atoms with Gasteiger partial charge in [0.15, 0.2) is 0 Å². The summed E-state index contributed by atoms with van der Waals surface area (Å²) in [7, 11) is 1.82. The molecule has 0 saturated heterocycles. The number of amides is 1. The molecule has 2 aromatic heterocycles.